The van der Waals surface area contributed by atoms with Crippen LogP contribution in [0.3, 0.4) is 0 Å². The van der Waals surface area contributed by atoms with Crippen molar-refractivity contribution in [1.82, 2.24) is 9.97 Å². The summed E-state index contributed by atoms with van der Waals surface area (Å²) in [5.74, 6) is 1.82. The Morgan fingerprint density at radius 1 is 1.20 bits per heavy atom. The molecule has 0 spiro atoms. The molecule has 2 aromatic rings. The summed E-state index contributed by atoms with van der Waals surface area (Å²) < 4.78 is 5.52. The van der Waals surface area contributed by atoms with Crippen molar-refractivity contribution in [3.05, 3.63) is 53.0 Å². The van der Waals surface area contributed by atoms with E-state index >= 15 is 0 Å². The molecule has 4 heteroatoms. The monoisotopic (exact) mass is 269 g/mol. The van der Waals surface area contributed by atoms with Crippen LogP contribution in [0.25, 0.3) is 0 Å². The molecule has 0 bridgehead atoms. The van der Waals surface area contributed by atoms with E-state index in [-0.39, 0.29) is 0 Å². The zero-order valence-electron chi connectivity index (χ0n) is 11.7. The topological polar surface area (TPSA) is 47.0 Å². The van der Waals surface area contributed by atoms with Crippen LogP contribution in [0.4, 0.5) is 5.82 Å². The fourth-order valence-corrected chi connectivity index (χ4v) is 2.45. The molecule has 0 atom stereocenters. The molecular formula is C16H19N3O. The molecule has 3 rings (SSSR count). The SMILES string of the molecule is CCNc1nc(Cc2ccccc2)nc2c1COCC2. The summed E-state index contributed by atoms with van der Waals surface area (Å²) in [4.78, 5) is 9.39. The normalized spacial score (nSPS) is 13.8. The van der Waals surface area contributed by atoms with Crippen molar-refractivity contribution < 1.29 is 4.74 Å². The van der Waals surface area contributed by atoms with Gasteiger partial charge in [0.1, 0.15) is 11.6 Å². The summed E-state index contributed by atoms with van der Waals surface area (Å²) in [5.41, 5.74) is 3.49. The van der Waals surface area contributed by atoms with E-state index in [0.29, 0.717) is 6.61 Å². The highest BCUT2D eigenvalue weighted by Gasteiger charge is 2.17. The Bertz CT molecular complexity index is 584. The van der Waals surface area contributed by atoms with Crippen molar-refractivity contribution >= 4 is 5.82 Å². The first kappa shape index (κ1) is 13.1. The molecule has 4 nitrogen and oxygen atoms in total. The van der Waals surface area contributed by atoms with E-state index in [2.05, 4.69) is 29.4 Å². The van der Waals surface area contributed by atoms with Crippen molar-refractivity contribution in [2.75, 3.05) is 18.5 Å². The fourth-order valence-electron chi connectivity index (χ4n) is 2.45. The lowest BCUT2D eigenvalue weighted by Gasteiger charge is -2.20. The lowest BCUT2D eigenvalue weighted by Crippen LogP contribution is -2.18. The maximum atomic E-state index is 5.52. The molecule has 1 aromatic carbocycles. The van der Waals surface area contributed by atoms with Crippen molar-refractivity contribution in [2.45, 2.75) is 26.4 Å². The van der Waals surface area contributed by atoms with E-state index in [9.17, 15) is 0 Å². The van der Waals surface area contributed by atoms with Gasteiger partial charge in [-0.2, -0.15) is 0 Å². The van der Waals surface area contributed by atoms with Gasteiger partial charge in [-0.3, -0.25) is 0 Å². The number of ether oxygens (including phenoxy) is 1. The summed E-state index contributed by atoms with van der Waals surface area (Å²) >= 11 is 0. The molecule has 1 aromatic heterocycles. The second-order valence-electron chi connectivity index (χ2n) is 4.91. The van der Waals surface area contributed by atoms with Gasteiger partial charge >= 0.3 is 0 Å². The van der Waals surface area contributed by atoms with E-state index in [0.717, 1.165) is 48.9 Å². The molecule has 0 amide bonds. The van der Waals surface area contributed by atoms with Crippen LogP contribution >= 0.6 is 0 Å². The molecule has 1 aliphatic rings. The predicted octanol–water partition coefficient (Wildman–Crippen LogP) is 2.57. The zero-order valence-corrected chi connectivity index (χ0v) is 11.7. The van der Waals surface area contributed by atoms with Crippen molar-refractivity contribution in [1.29, 1.82) is 0 Å². The smallest absolute Gasteiger partial charge is 0.135 e. The van der Waals surface area contributed by atoms with E-state index in [4.69, 9.17) is 9.72 Å². The third-order valence-electron chi connectivity index (χ3n) is 3.42. The summed E-state index contributed by atoms with van der Waals surface area (Å²) in [7, 11) is 0. The Kier molecular flexibility index (Phi) is 3.92. The Balaban J connectivity index is 1.93. The van der Waals surface area contributed by atoms with Crippen LogP contribution < -0.4 is 5.32 Å². The summed E-state index contributed by atoms with van der Waals surface area (Å²) in [6.45, 7) is 4.30. The van der Waals surface area contributed by atoms with Gasteiger partial charge in [0, 0.05) is 24.9 Å². The van der Waals surface area contributed by atoms with Crippen LogP contribution in [0.2, 0.25) is 0 Å². The van der Waals surface area contributed by atoms with Crippen LogP contribution in [0.5, 0.6) is 0 Å². The quantitative estimate of drug-likeness (QED) is 0.926. The second kappa shape index (κ2) is 6.01. The highest BCUT2D eigenvalue weighted by Crippen LogP contribution is 2.23. The van der Waals surface area contributed by atoms with Gasteiger partial charge in [-0.25, -0.2) is 9.97 Å². The molecule has 0 fully saturated rings. The summed E-state index contributed by atoms with van der Waals surface area (Å²) in [6.07, 6.45) is 1.64. The molecule has 2 heterocycles. The summed E-state index contributed by atoms with van der Waals surface area (Å²) in [5, 5.41) is 3.33. The minimum atomic E-state index is 0.614. The average molecular weight is 269 g/mol. The van der Waals surface area contributed by atoms with Gasteiger partial charge in [-0.1, -0.05) is 30.3 Å². The number of nitrogens with zero attached hydrogens (tertiary/aromatic N) is 2. The predicted molar refractivity (Wildman–Crippen MR) is 78.8 cm³/mol. The number of nitrogens with one attached hydrogen (secondary N) is 1. The maximum absolute atomic E-state index is 5.52. The fraction of sp³-hybridized carbons (Fsp3) is 0.375. The first-order valence-corrected chi connectivity index (χ1v) is 7.11. The lowest BCUT2D eigenvalue weighted by atomic mass is 10.1. The molecule has 0 aliphatic carbocycles. The zero-order chi connectivity index (χ0) is 13.8. The highest BCUT2D eigenvalue weighted by molar-refractivity contribution is 5.47. The van der Waals surface area contributed by atoms with Gasteiger partial charge in [-0.05, 0) is 12.5 Å². The highest BCUT2D eigenvalue weighted by atomic mass is 16.5. The number of benzene rings is 1. The second-order valence-corrected chi connectivity index (χ2v) is 4.91. The van der Waals surface area contributed by atoms with E-state index < -0.39 is 0 Å². The first-order chi connectivity index (χ1) is 9.86. The van der Waals surface area contributed by atoms with E-state index in [1.54, 1.807) is 0 Å². The first-order valence-electron chi connectivity index (χ1n) is 7.11. The molecule has 0 saturated carbocycles. The molecule has 0 unspecified atom stereocenters. The molecule has 0 radical (unpaired) electrons. The van der Waals surface area contributed by atoms with Crippen LogP contribution in [0, 0.1) is 0 Å². The Morgan fingerprint density at radius 3 is 2.85 bits per heavy atom. The van der Waals surface area contributed by atoms with E-state index in [1.807, 2.05) is 18.2 Å². The van der Waals surface area contributed by atoms with Gasteiger partial charge in [0.15, 0.2) is 0 Å². The van der Waals surface area contributed by atoms with Gasteiger partial charge in [0.05, 0.1) is 18.9 Å². The van der Waals surface area contributed by atoms with Crippen LogP contribution in [-0.2, 0) is 24.2 Å². The Labute approximate surface area is 119 Å². The minimum Gasteiger partial charge on any atom is -0.376 e. The number of aromatic nitrogens is 2. The number of rotatable bonds is 4. The molecule has 20 heavy (non-hydrogen) atoms. The standard InChI is InChI=1S/C16H19N3O/c1-2-17-16-13-11-20-9-8-14(13)18-15(19-16)10-12-6-4-3-5-7-12/h3-7H,2,8-11H2,1H3,(H,17,18,19). The number of hydrogen-bond acceptors (Lipinski definition) is 4. The van der Waals surface area contributed by atoms with Crippen LogP contribution in [-0.4, -0.2) is 23.1 Å². The van der Waals surface area contributed by atoms with Crippen molar-refractivity contribution in [3.8, 4) is 0 Å². The van der Waals surface area contributed by atoms with E-state index in [1.165, 1.54) is 5.56 Å². The molecule has 0 saturated heterocycles. The maximum Gasteiger partial charge on any atom is 0.135 e. The molecule has 104 valence electrons. The van der Waals surface area contributed by atoms with Crippen molar-refractivity contribution in [2.24, 2.45) is 0 Å². The largest absolute Gasteiger partial charge is 0.376 e. The minimum absolute atomic E-state index is 0.614. The summed E-state index contributed by atoms with van der Waals surface area (Å²) in [6, 6.07) is 10.3. The lowest BCUT2D eigenvalue weighted by molar-refractivity contribution is 0.109. The van der Waals surface area contributed by atoms with Crippen LogP contribution in [0.1, 0.15) is 29.6 Å². The third kappa shape index (κ3) is 2.80. The number of anilines is 1. The number of fused-ring (bicyclic) bond motifs is 1. The van der Waals surface area contributed by atoms with Crippen molar-refractivity contribution in [3.63, 3.8) is 0 Å². The Morgan fingerprint density at radius 2 is 2.05 bits per heavy atom. The van der Waals surface area contributed by atoms with Crippen LogP contribution in [0.15, 0.2) is 30.3 Å². The van der Waals surface area contributed by atoms with Gasteiger partial charge in [-0.15, -0.1) is 0 Å². The molecular weight excluding hydrogens is 250 g/mol. The number of hydrogen-bond donors (Lipinski definition) is 1. The van der Waals surface area contributed by atoms with Gasteiger partial charge < -0.3 is 10.1 Å². The Hall–Kier alpha value is -1.94. The van der Waals surface area contributed by atoms with Gasteiger partial charge in [0.25, 0.3) is 0 Å². The average Bonchev–Trinajstić information content (AvgIpc) is 2.49. The third-order valence-corrected chi connectivity index (χ3v) is 3.42. The molecule has 1 N–H and O–H groups in total. The molecule has 1 aliphatic heterocycles. The van der Waals surface area contributed by atoms with Gasteiger partial charge in [0.2, 0.25) is 0 Å².